The molecule has 0 heterocycles. The summed E-state index contributed by atoms with van der Waals surface area (Å²) in [6.45, 7) is 0. The van der Waals surface area contributed by atoms with Gasteiger partial charge >= 0.3 is 0 Å². The molecule has 0 aliphatic rings. The Morgan fingerprint density at radius 1 is 0.882 bits per heavy atom. The Labute approximate surface area is 113 Å². The fourth-order valence-electron chi connectivity index (χ4n) is 1.56. The summed E-state index contributed by atoms with van der Waals surface area (Å²) in [6, 6.07) is 7.33. The van der Waals surface area contributed by atoms with E-state index in [0.29, 0.717) is 19.0 Å². The Balaban J connectivity index is 2.65. The van der Waals surface area contributed by atoms with Gasteiger partial charge in [-0.15, -0.1) is 0 Å². The van der Waals surface area contributed by atoms with E-state index in [0.717, 1.165) is 0 Å². The van der Waals surface area contributed by atoms with Gasteiger partial charge in [0.2, 0.25) is 0 Å². The smallest absolute Gasteiger partial charge is 0.166 e. The van der Waals surface area contributed by atoms with Crippen LogP contribution in [0.3, 0.4) is 0 Å². The van der Waals surface area contributed by atoms with E-state index < -0.39 is 17.5 Å². The highest BCUT2D eigenvalue weighted by atomic mass is 127. The molecule has 0 aliphatic carbocycles. The van der Waals surface area contributed by atoms with E-state index >= 15 is 0 Å². The lowest BCUT2D eigenvalue weighted by molar-refractivity contribution is 0.516. The van der Waals surface area contributed by atoms with Gasteiger partial charge in [0.1, 0.15) is 5.82 Å². The number of hydrogen-bond donors (Lipinski definition) is 0. The van der Waals surface area contributed by atoms with Gasteiger partial charge in [0.05, 0.1) is 0 Å². The Bertz CT molecular complexity index is 584. The highest BCUT2D eigenvalue weighted by Gasteiger charge is 2.15. The van der Waals surface area contributed by atoms with Crippen molar-refractivity contribution in [3.8, 4) is 11.1 Å². The van der Waals surface area contributed by atoms with Gasteiger partial charge in [0.15, 0.2) is 11.6 Å². The summed E-state index contributed by atoms with van der Waals surface area (Å²) in [5.41, 5.74) is 0.0551. The van der Waals surface area contributed by atoms with Crippen molar-refractivity contribution >= 4 is 38.0 Å². The first kappa shape index (κ1) is 12.6. The van der Waals surface area contributed by atoms with Crippen LogP contribution in [0.4, 0.5) is 13.2 Å². The van der Waals surface area contributed by atoms with Crippen molar-refractivity contribution in [3.63, 3.8) is 0 Å². The third kappa shape index (κ3) is 2.39. The summed E-state index contributed by atoms with van der Waals surface area (Å²) in [6.07, 6.45) is 0. The molecule has 0 N–H and O–H groups in total. The second kappa shape index (κ2) is 4.81. The average molecular weight is 364 g/mol. The zero-order valence-corrected chi connectivity index (χ0v) is 13.1. The lowest BCUT2D eigenvalue weighted by Gasteiger charge is -2.07. The van der Waals surface area contributed by atoms with Gasteiger partial charge < -0.3 is 0 Å². The van der Waals surface area contributed by atoms with Gasteiger partial charge in [-0.3, -0.25) is 0 Å². The molecule has 0 atom stereocenters. The highest BCUT2D eigenvalue weighted by Crippen LogP contribution is 2.27. The van der Waals surface area contributed by atoms with E-state index in [9.17, 15) is 13.2 Å². The summed E-state index contributed by atoms with van der Waals surface area (Å²) >= 11 is 1.96. The fourth-order valence-corrected chi connectivity index (χ4v) is 2.40. The van der Waals surface area contributed by atoms with Gasteiger partial charge in [0.25, 0.3) is 0 Å². The molecule has 0 aromatic heterocycles. The van der Waals surface area contributed by atoms with Gasteiger partial charge in [0, 0.05) is 24.9 Å². The second-order valence-corrected chi connectivity index (χ2v) is 6.01. The van der Waals surface area contributed by atoms with Crippen molar-refractivity contribution in [2.24, 2.45) is 0 Å². The van der Waals surface area contributed by atoms with Crippen LogP contribution in [0.25, 0.3) is 11.1 Å². The molecule has 2 aromatic rings. The summed E-state index contributed by atoms with van der Waals surface area (Å²) in [5, 5.41) is 0.345. The first-order chi connectivity index (χ1) is 8.00. The molecular weight excluding hydrogens is 356 g/mol. The molecule has 88 valence electrons. The maximum Gasteiger partial charge on any atom is 0.166 e. The largest absolute Gasteiger partial charge is 0.206 e. The summed E-state index contributed by atoms with van der Waals surface area (Å²) in [4.78, 5) is 0. The van der Waals surface area contributed by atoms with Gasteiger partial charge in [-0.05, 0) is 39.9 Å². The van der Waals surface area contributed by atoms with E-state index in [2.05, 4.69) is 0 Å². The summed E-state index contributed by atoms with van der Waals surface area (Å²) in [5.74, 6) is -2.39. The molecule has 2 aromatic carbocycles. The van der Waals surface area contributed by atoms with Crippen LogP contribution in [-0.4, -0.2) is 10.2 Å². The molecule has 5 heteroatoms. The molecule has 0 spiro atoms. The predicted octanol–water partition coefficient (Wildman–Crippen LogP) is 2.37. The van der Waals surface area contributed by atoms with Crippen LogP contribution in [0.15, 0.2) is 30.3 Å². The second-order valence-electron chi connectivity index (χ2n) is 3.68. The topological polar surface area (TPSA) is 0 Å². The van der Waals surface area contributed by atoms with Crippen LogP contribution >= 0.6 is 22.6 Å². The molecule has 0 nitrogen and oxygen atoms in total. The van der Waals surface area contributed by atoms with Crippen LogP contribution < -0.4 is 5.19 Å². The molecule has 0 aliphatic heterocycles. The molecule has 0 unspecified atom stereocenters. The van der Waals surface area contributed by atoms with E-state index in [1.165, 1.54) is 24.3 Å². The molecule has 0 radical (unpaired) electrons. The lowest BCUT2D eigenvalue weighted by Crippen LogP contribution is -2.11. The van der Waals surface area contributed by atoms with Gasteiger partial charge in [-0.1, -0.05) is 18.2 Å². The monoisotopic (exact) mass is 364 g/mol. The molecule has 0 amide bonds. The first-order valence-corrected chi connectivity index (χ1v) is 6.98. The predicted molar refractivity (Wildman–Crippen MR) is 74.0 cm³/mol. The van der Waals surface area contributed by atoms with Crippen LogP contribution in [-0.2, 0) is 0 Å². The van der Waals surface area contributed by atoms with E-state index in [1.54, 1.807) is 6.07 Å². The minimum atomic E-state index is -0.974. The van der Waals surface area contributed by atoms with E-state index in [1.807, 2.05) is 22.6 Å². The summed E-state index contributed by atoms with van der Waals surface area (Å²) < 4.78 is 41.5. The first-order valence-electron chi connectivity index (χ1n) is 4.90. The van der Waals surface area contributed by atoms with Gasteiger partial charge in [-0.2, -0.15) is 0 Å². The zero-order valence-electron chi connectivity index (χ0n) is 8.90. The molecule has 2 rings (SSSR count). The SMILES string of the molecule is Fc1cc(I)ccc1-c1ccc([SiH3])c(F)c1F. The molecular formula is C12H8F3ISi. The van der Waals surface area contributed by atoms with Crippen LogP contribution in [0.1, 0.15) is 0 Å². The molecule has 0 saturated heterocycles. The Morgan fingerprint density at radius 2 is 1.53 bits per heavy atom. The molecule has 0 fully saturated rings. The van der Waals surface area contributed by atoms with Crippen molar-refractivity contribution < 1.29 is 13.2 Å². The normalized spacial score (nSPS) is 10.8. The Morgan fingerprint density at radius 3 is 2.18 bits per heavy atom. The minimum absolute atomic E-state index is 0.0315. The average Bonchev–Trinajstić information content (AvgIpc) is 2.28. The highest BCUT2D eigenvalue weighted by molar-refractivity contribution is 14.1. The number of hydrogen-bond acceptors (Lipinski definition) is 0. The minimum Gasteiger partial charge on any atom is -0.206 e. The van der Waals surface area contributed by atoms with E-state index in [4.69, 9.17) is 0 Å². The quantitative estimate of drug-likeness (QED) is 0.539. The van der Waals surface area contributed by atoms with Crippen molar-refractivity contribution in [1.29, 1.82) is 0 Å². The van der Waals surface area contributed by atoms with Crippen molar-refractivity contribution in [2.75, 3.05) is 0 Å². The summed E-state index contributed by atoms with van der Waals surface area (Å²) in [7, 11) is 0.422. The number of benzene rings is 2. The zero-order chi connectivity index (χ0) is 12.6. The van der Waals surface area contributed by atoms with Crippen LogP contribution in [0.2, 0.25) is 0 Å². The molecule has 0 saturated carbocycles. The van der Waals surface area contributed by atoms with Crippen molar-refractivity contribution in [3.05, 3.63) is 51.4 Å². The third-order valence-electron chi connectivity index (χ3n) is 2.50. The van der Waals surface area contributed by atoms with Crippen LogP contribution in [0, 0.1) is 21.0 Å². The lowest BCUT2D eigenvalue weighted by atomic mass is 10.0. The Kier molecular flexibility index (Phi) is 3.57. The number of rotatable bonds is 1. The van der Waals surface area contributed by atoms with Crippen LogP contribution in [0.5, 0.6) is 0 Å². The Hall–Kier alpha value is -0.823. The third-order valence-corrected chi connectivity index (χ3v) is 3.94. The van der Waals surface area contributed by atoms with E-state index in [-0.39, 0.29) is 11.1 Å². The maximum atomic E-state index is 13.7. The van der Waals surface area contributed by atoms with Crippen molar-refractivity contribution in [2.45, 2.75) is 0 Å². The fraction of sp³-hybridized carbons (Fsp3) is 0. The molecule has 17 heavy (non-hydrogen) atoms. The van der Waals surface area contributed by atoms with Gasteiger partial charge in [-0.25, -0.2) is 13.2 Å². The standard InChI is InChI=1S/C12H8F3ISi/c13-9-5-6(16)1-2-7(9)8-3-4-10(17)12(15)11(8)14/h1-5H,17H3. The van der Waals surface area contributed by atoms with Crippen molar-refractivity contribution in [1.82, 2.24) is 0 Å². The maximum absolute atomic E-state index is 13.7. The molecule has 0 bridgehead atoms. The number of halogens is 4.